The molecule has 0 aromatic rings. The molecule has 0 saturated carbocycles. The lowest BCUT2D eigenvalue weighted by atomic mass is 10.1. The Balaban J connectivity index is 5.47. The molecule has 5 atom stereocenters. The second-order valence-electron chi connectivity index (χ2n) is 26.6. The first-order chi connectivity index (χ1) is 52.7. The first kappa shape index (κ1) is 102. The minimum atomic E-state index is -5.01. The highest BCUT2D eigenvalue weighted by molar-refractivity contribution is 7.47. The van der Waals surface area contributed by atoms with E-state index in [1.807, 2.05) is 12.2 Å². The predicted molar refractivity (Wildman–Crippen MR) is 445 cm³/mol. The molecule has 0 saturated heterocycles. The summed E-state index contributed by atoms with van der Waals surface area (Å²) in [5.41, 5.74) is 0. The average molecular weight is 1550 g/mol. The van der Waals surface area contributed by atoms with Gasteiger partial charge in [-0.05, 0) is 173 Å². The molecule has 0 aromatic carbocycles. The van der Waals surface area contributed by atoms with E-state index < -0.39 is 97.5 Å². The van der Waals surface area contributed by atoms with Gasteiger partial charge in [-0.3, -0.25) is 37.3 Å². The number of esters is 4. The normalized spacial score (nSPS) is 14.8. The molecule has 0 heterocycles. The van der Waals surface area contributed by atoms with Gasteiger partial charge in [-0.25, -0.2) is 9.13 Å². The molecule has 0 aromatic heterocycles. The minimum absolute atomic E-state index is 0.00132. The fraction of sp³-hybridized carbons (Fsp3) is 0.618. The summed E-state index contributed by atoms with van der Waals surface area (Å²) in [6.45, 7) is 4.41. The largest absolute Gasteiger partial charge is 0.472 e. The Bertz CT molecular complexity index is 2760. The smallest absolute Gasteiger partial charge is 0.462 e. The number of aliphatic hydroxyl groups excluding tert-OH is 1. The third-order valence-corrected chi connectivity index (χ3v) is 18.2. The lowest BCUT2D eigenvalue weighted by Gasteiger charge is -2.21. The van der Waals surface area contributed by atoms with Crippen LogP contribution < -0.4 is 0 Å². The van der Waals surface area contributed by atoms with Crippen LogP contribution in [0.25, 0.3) is 0 Å². The SMILES string of the molecule is CC/C=C\C/C=C\C/C=C\C/C=C\C/C=C\CCCCCC(=O)OCC(COP(=O)(O)OCC(O)COP(=O)(O)OCC(COC(=O)CCCCCCCC/C=C\C/C=C\C/C=C\CCCCC)OC(=O)CCCCCCC/C=C\C/C=C\CCC)OC(=O)CCC/C=C\C/C=C\C/C=C\C/C=C\C/C=C\CC. The highest BCUT2D eigenvalue weighted by Crippen LogP contribution is 2.45. The van der Waals surface area contributed by atoms with Crippen molar-refractivity contribution in [2.45, 2.75) is 316 Å². The van der Waals surface area contributed by atoms with Gasteiger partial charge in [0.15, 0.2) is 12.2 Å². The van der Waals surface area contributed by atoms with Gasteiger partial charge in [0.2, 0.25) is 0 Å². The maximum atomic E-state index is 13.1. The van der Waals surface area contributed by atoms with Crippen molar-refractivity contribution < 1.29 is 80.2 Å². The highest BCUT2D eigenvalue weighted by atomic mass is 31.2. The molecule has 0 rings (SSSR count). The molecule has 0 spiro atoms. The summed E-state index contributed by atoms with van der Waals surface area (Å²) in [5, 5.41) is 10.7. The van der Waals surface area contributed by atoms with Gasteiger partial charge in [0.05, 0.1) is 26.4 Å². The molecule has 0 fully saturated rings. The molecule has 0 aliphatic carbocycles. The van der Waals surface area contributed by atoms with Crippen LogP contribution in [0.5, 0.6) is 0 Å². The number of allylic oxidation sites excluding steroid dienone is 30. The fourth-order valence-corrected chi connectivity index (χ4v) is 11.7. The third-order valence-electron chi connectivity index (χ3n) is 16.3. The van der Waals surface area contributed by atoms with E-state index >= 15 is 0 Å². The summed E-state index contributed by atoms with van der Waals surface area (Å²) < 4.78 is 68.6. The Labute approximate surface area is 654 Å². The molecule has 19 heteroatoms. The zero-order valence-electron chi connectivity index (χ0n) is 66.9. The summed E-state index contributed by atoms with van der Waals surface area (Å²) >= 11 is 0. The number of hydrogen-bond acceptors (Lipinski definition) is 15. The topological polar surface area (TPSA) is 237 Å². The first-order valence-corrected chi connectivity index (χ1v) is 44.0. The zero-order valence-corrected chi connectivity index (χ0v) is 68.7. The molecule has 0 radical (unpaired) electrons. The molecule has 0 bridgehead atoms. The number of carbonyl (C=O) groups is 4. The Morgan fingerprint density at radius 1 is 0.269 bits per heavy atom. The summed E-state index contributed by atoms with van der Waals surface area (Å²) in [7, 11) is -10.0. The van der Waals surface area contributed by atoms with E-state index in [1.165, 1.54) is 19.3 Å². The van der Waals surface area contributed by atoms with Gasteiger partial charge in [0.25, 0.3) is 0 Å². The van der Waals surface area contributed by atoms with E-state index in [1.54, 1.807) is 0 Å². The maximum Gasteiger partial charge on any atom is 0.472 e. The van der Waals surface area contributed by atoms with E-state index in [0.717, 1.165) is 193 Å². The van der Waals surface area contributed by atoms with E-state index in [0.29, 0.717) is 32.1 Å². The molecular formula is C89H144O17P2. The van der Waals surface area contributed by atoms with E-state index in [2.05, 4.69) is 198 Å². The molecule has 0 amide bonds. The van der Waals surface area contributed by atoms with Crippen LogP contribution in [0.2, 0.25) is 0 Å². The highest BCUT2D eigenvalue weighted by Gasteiger charge is 2.30. The lowest BCUT2D eigenvalue weighted by molar-refractivity contribution is -0.161. The van der Waals surface area contributed by atoms with Gasteiger partial charge >= 0.3 is 39.5 Å². The van der Waals surface area contributed by atoms with E-state index in [-0.39, 0.29) is 25.7 Å². The van der Waals surface area contributed by atoms with Crippen molar-refractivity contribution in [1.82, 2.24) is 0 Å². The van der Waals surface area contributed by atoms with Crippen LogP contribution in [-0.4, -0.2) is 96.7 Å². The minimum Gasteiger partial charge on any atom is -0.462 e. The second-order valence-corrected chi connectivity index (χ2v) is 29.5. The number of hydrogen-bond donors (Lipinski definition) is 3. The number of unbranched alkanes of at least 4 members (excludes halogenated alkanes) is 19. The molecule has 108 heavy (non-hydrogen) atoms. The van der Waals surface area contributed by atoms with Crippen molar-refractivity contribution in [3.05, 3.63) is 182 Å². The number of ether oxygens (including phenoxy) is 4. The Morgan fingerprint density at radius 3 is 0.824 bits per heavy atom. The monoisotopic (exact) mass is 1550 g/mol. The van der Waals surface area contributed by atoms with Gasteiger partial charge in [0.1, 0.15) is 19.3 Å². The van der Waals surface area contributed by atoms with Gasteiger partial charge in [-0.2, -0.15) is 0 Å². The van der Waals surface area contributed by atoms with Crippen molar-refractivity contribution in [3.8, 4) is 0 Å². The Hall–Kier alpha value is -5.84. The lowest BCUT2D eigenvalue weighted by Crippen LogP contribution is -2.30. The standard InChI is InChI=1S/C89H144O17P2/c1-5-9-13-17-21-25-29-33-36-39-41-44-46-50-53-57-61-65-69-73-86(91)99-79-84(105-88(93)75-71-67-63-59-55-49-32-28-24-20-16-12-8-4)81-103-107(95,96)101-77-83(90)78-102-108(97,98)104-82-85(106-89(94)76-72-68-64-60-56-52-48-43-38-35-31-27-23-19-15-11-7-3)80-100-87(92)74-70-66-62-58-54-51-47-45-42-40-37-34-30-26-22-18-14-10-6-2/h10-11,14-16,20-23,25-28,32-38,41-42,44-45,48,51-52,54,60,64,83-85,90H,5-9,12-13,17-19,24,29-31,39-40,43,46-47,49-50,53,55-59,61-63,65-82H2,1-4H3,(H,95,96)(H,97,98)/b14-10-,15-11-,20-16-,25-21-,26-22-,27-23-,32-28-,36-33-,37-34-,38-35-,44-41-,45-42-,52-48-,54-51-,64-60-. The van der Waals surface area contributed by atoms with Crippen molar-refractivity contribution in [2.24, 2.45) is 0 Å². The van der Waals surface area contributed by atoms with Gasteiger partial charge < -0.3 is 33.8 Å². The zero-order chi connectivity index (χ0) is 78.9. The number of phosphoric ester groups is 2. The number of aliphatic hydroxyl groups is 1. The summed E-state index contributed by atoms with van der Waals surface area (Å²) in [5.74, 6) is -2.32. The van der Waals surface area contributed by atoms with Crippen LogP contribution >= 0.6 is 15.6 Å². The van der Waals surface area contributed by atoms with Crippen molar-refractivity contribution in [2.75, 3.05) is 39.6 Å². The number of phosphoric acid groups is 2. The molecule has 0 aliphatic rings. The quantitative estimate of drug-likeness (QED) is 0.0169. The van der Waals surface area contributed by atoms with Crippen molar-refractivity contribution in [1.29, 1.82) is 0 Å². The van der Waals surface area contributed by atoms with Crippen molar-refractivity contribution in [3.63, 3.8) is 0 Å². The van der Waals surface area contributed by atoms with Crippen molar-refractivity contribution >= 4 is 39.5 Å². The third kappa shape index (κ3) is 78.3. The number of carbonyl (C=O) groups excluding carboxylic acids is 4. The molecule has 612 valence electrons. The van der Waals surface area contributed by atoms with E-state index in [9.17, 15) is 43.2 Å². The average Bonchev–Trinajstić information content (AvgIpc) is 0.886. The molecule has 3 N–H and O–H groups in total. The van der Waals surface area contributed by atoms with Crippen LogP contribution in [0.3, 0.4) is 0 Å². The maximum absolute atomic E-state index is 13.1. The molecule has 5 unspecified atom stereocenters. The van der Waals surface area contributed by atoms with Gasteiger partial charge in [0, 0.05) is 25.7 Å². The second kappa shape index (κ2) is 79.3. The van der Waals surface area contributed by atoms with Crippen LogP contribution in [0.15, 0.2) is 182 Å². The van der Waals surface area contributed by atoms with Crippen LogP contribution in [0.4, 0.5) is 0 Å². The predicted octanol–water partition coefficient (Wildman–Crippen LogP) is 24.3. The van der Waals surface area contributed by atoms with Gasteiger partial charge in [-0.15, -0.1) is 0 Å². The van der Waals surface area contributed by atoms with Crippen LogP contribution in [-0.2, 0) is 65.4 Å². The molecule has 17 nitrogen and oxygen atoms in total. The van der Waals surface area contributed by atoms with Crippen LogP contribution in [0.1, 0.15) is 297 Å². The van der Waals surface area contributed by atoms with Crippen LogP contribution in [0, 0.1) is 0 Å². The fourth-order valence-electron chi connectivity index (χ4n) is 10.1. The molecular weight excluding hydrogens is 1400 g/mol. The summed E-state index contributed by atoms with van der Waals surface area (Å²) in [6, 6.07) is 0. The number of rotatable bonds is 75. The Morgan fingerprint density at radius 2 is 0.509 bits per heavy atom. The summed E-state index contributed by atoms with van der Waals surface area (Å²) in [6.07, 6.45) is 95.9. The summed E-state index contributed by atoms with van der Waals surface area (Å²) in [4.78, 5) is 73.1. The molecule has 0 aliphatic heterocycles. The van der Waals surface area contributed by atoms with Gasteiger partial charge in [-0.1, -0.05) is 281 Å². The van der Waals surface area contributed by atoms with E-state index in [4.69, 9.17) is 37.0 Å². The first-order valence-electron chi connectivity index (χ1n) is 41.0. The Kier molecular flexibility index (Phi) is 75.0.